The van der Waals surface area contributed by atoms with Crippen LogP contribution < -0.4 is 4.74 Å². The molecule has 4 heteroatoms. The van der Waals surface area contributed by atoms with Crippen LogP contribution in [0, 0.1) is 17.8 Å². The van der Waals surface area contributed by atoms with E-state index in [0.29, 0.717) is 24.3 Å². The molecule has 0 unspecified atom stereocenters. The zero-order valence-electron chi connectivity index (χ0n) is 14.4. The number of benzene rings is 1. The van der Waals surface area contributed by atoms with E-state index in [-0.39, 0.29) is 0 Å². The second-order valence-electron chi connectivity index (χ2n) is 7.61. The third-order valence-corrected chi connectivity index (χ3v) is 6.16. The van der Waals surface area contributed by atoms with E-state index < -0.39 is 0 Å². The van der Waals surface area contributed by atoms with Crippen LogP contribution in [0.4, 0.5) is 0 Å². The summed E-state index contributed by atoms with van der Waals surface area (Å²) in [6, 6.07) is 9.97. The Balaban J connectivity index is 1.19. The SMILES string of the molecule is O=C([C@H]1C[C@H]2CC[C@H]1C2)N1CCN(CCOc2ccccc2)CC1. The van der Waals surface area contributed by atoms with Crippen LogP contribution in [0.2, 0.25) is 0 Å². The van der Waals surface area contributed by atoms with Crippen molar-refractivity contribution >= 4 is 5.91 Å². The number of rotatable bonds is 5. The number of nitrogens with zero attached hydrogens (tertiary/aromatic N) is 2. The van der Waals surface area contributed by atoms with Crippen LogP contribution in [-0.2, 0) is 4.79 Å². The van der Waals surface area contributed by atoms with Crippen LogP contribution in [0.3, 0.4) is 0 Å². The molecule has 2 saturated carbocycles. The number of hydrogen-bond acceptors (Lipinski definition) is 3. The fourth-order valence-electron chi connectivity index (χ4n) is 4.78. The second kappa shape index (κ2) is 7.14. The fourth-order valence-corrected chi connectivity index (χ4v) is 4.78. The van der Waals surface area contributed by atoms with Crippen molar-refractivity contribution in [3.8, 4) is 5.75 Å². The van der Waals surface area contributed by atoms with Gasteiger partial charge in [-0.05, 0) is 43.2 Å². The topological polar surface area (TPSA) is 32.8 Å². The summed E-state index contributed by atoms with van der Waals surface area (Å²) in [6.07, 6.45) is 5.13. The van der Waals surface area contributed by atoms with Gasteiger partial charge in [0.2, 0.25) is 5.91 Å². The summed E-state index contributed by atoms with van der Waals surface area (Å²) < 4.78 is 5.78. The highest BCUT2D eigenvalue weighted by molar-refractivity contribution is 5.79. The van der Waals surface area contributed by atoms with E-state index in [2.05, 4.69) is 9.80 Å². The number of fused-ring (bicyclic) bond motifs is 2. The molecule has 1 aliphatic heterocycles. The van der Waals surface area contributed by atoms with Crippen LogP contribution in [0.1, 0.15) is 25.7 Å². The summed E-state index contributed by atoms with van der Waals surface area (Å²) in [5.41, 5.74) is 0. The third kappa shape index (κ3) is 3.44. The Morgan fingerprint density at radius 1 is 1.04 bits per heavy atom. The van der Waals surface area contributed by atoms with Crippen molar-refractivity contribution in [3.63, 3.8) is 0 Å². The molecule has 0 aromatic heterocycles. The molecule has 1 amide bonds. The maximum Gasteiger partial charge on any atom is 0.226 e. The molecule has 3 fully saturated rings. The smallest absolute Gasteiger partial charge is 0.226 e. The number of piperazine rings is 1. The van der Waals surface area contributed by atoms with Gasteiger partial charge in [-0.1, -0.05) is 24.6 Å². The highest BCUT2D eigenvalue weighted by Crippen LogP contribution is 2.48. The van der Waals surface area contributed by atoms with E-state index in [1.54, 1.807) is 0 Å². The van der Waals surface area contributed by atoms with Gasteiger partial charge in [-0.2, -0.15) is 0 Å². The Morgan fingerprint density at radius 3 is 2.50 bits per heavy atom. The molecule has 2 aliphatic carbocycles. The molecule has 130 valence electrons. The molecule has 1 saturated heterocycles. The van der Waals surface area contributed by atoms with Gasteiger partial charge in [0.1, 0.15) is 12.4 Å². The minimum Gasteiger partial charge on any atom is -0.492 e. The van der Waals surface area contributed by atoms with Crippen molar-refractivity contribution in [2.75, 3.05) is 39.3 Å². The quantitative estimate of drug-likeness (QED) is 0.833. The van der Waals surface area contributed by atoms with Gasteiger partial charge in [0.05, 0.1) is 0 Å². The second-order valence-corrected chi connectivity index (χ2v) is 7.61. The maximum absolute atomic E-state index is 12.8. The Labute approximate surface area is 144 Å². The Kier molecular flexibility index (Phi) is 4.74. The van der Waals surface area contributed by atoms with E-state index in [1.165, 1.54) is 19.3 Å². The van der Waals surface area contributed by atoms with E-state index in [1.807, 2.05) is 30.3 Å². The van der Waals surface area contributed by atoms with Gasteiger partial charge in [0.15, 0.2) is 0 Å². The van der Waals surface area contributed by atoms with Gasteiger partial charge >= 0.3 is 0 Å². The minimum atomic E-state index is 0.344. The van der Waals surface area contributed by atoms with Crippen LogP contribution in [0.5, 0.6) is 5.75 Å². The van der Waals surface area contributed by atoms with E-state index in [4.69, 9.17) is 4.74 Å². The molecule has 0 spiro atoms. The van der Waals surface area contributed by atoms with E-state index in [0.717, 1.165) is 50.8 Å². The number of hydrogen-bond donors (Lipinski definition) is 0. The average molecular weight is 328 g/mol. The lowest BCUT2D eigenvalue weighted by atomic mass is 9.87. The number of carbonyl (C=O) groups excluding carboxylic acids is 1. The number of carbonyl (C=O) groups is 1. The van der Waals surface area contributed by atoms with Crippen LogP contribution in [0.25, 0.3) is 0 Å². The van der Waals surface area contributed by atoms with Gasteiger partial charge in [0.25, 0.3) is 0 Å². The molecule has 1 heterocycles. The molecule has 4 nitrogen and oxygen atoms in total. The first-order valence-electron chi connectivity index (χ1n) is 9.48. The van der Waals surface area contributed by atoms with Gasteiger partial charge in [-0.25, -0.2) is 0 Å². The first kappa shape index (κ1) is 15.9. The average Bonchev–Trinajstić information content (AvgIpc) is 3.26. The monoisotopic (exact) mass is 328 g/mol. The van der Waals surface area contributed by atoms with Crippen LogP contribution >= 0.6 is 0 Å². The van der Waals surface area contributed by atoms with E-state index >= 15 is 0 Å². The van der Waals surface area contributed by atoms with Crippen LogP contribution in [0.15, 0.2) is 30.3 Å². The standard InChI is InChI=1S/C20H28N2O2/c23-20(19-15-16-6-7-17(19)14-16)22-10-8-21(9-11-22)12-13-24-18-4-2-1-3-5-18/h1-5,16-17,19H,6-15H2/t16-,17-,19-/m0/s1. The van der Waals surface area contributed by atoms with Crippen molar-refractivity contribution < 1.29 is 9.53 Å². The van der Waals surface area contributed by atoms with Crippen molar-refractivity contribution in [3.05, 3.63) is 30.3 Å². The molecule has 24 heavy (non-hydrogen) atoms. The lowest BCUT2D eigenvalue weighted by Gasteiger charge is -2.37. The Bertz CT molecular complexity index is 554. The lowest BCUT2D eigenvalue weighted by molar-refractivity contribution is -0.139. The summed E-state index contributed by atoms with van der Waals surface area (Å²) in [5, 5.41) is 0. The van der Waals surface area contributed by atoms with Gasteiger partial charge in [-0.3, -0.25) is 9.69 Å². The molecule has 1 aromatic rings. The molecule has 2 bridgehead atoms. The highest BCUT2D eigenvalue weighted by Gasteiger charge is 2.44. The molecule has 4 rings (SSSR count). The molecular weight excluding hydrogens is 300 g/mol. The lowest BCUT2D eigenvalue weighted by Crippen LogP contribution is -2.51. The summed E-state index contributed by atoms with van der Waals surface area (Å²) >= 11 is 0. The molecule has 1 aromatic carbocycles. The first-order valence-corrected chi connectivity index (χ1v) is 9.48. The highest BCUT2D eigenvalue weighted by atomic mass is 16.5. The summed E-state index contributed by atoms with van der Waals surface area (Å²) in [6.45, 7) is 5.38. The molecule has 3 aliphatic rings. The minimum absolute atomic E-state index is 0.344. The molecule has 0 N–H and O–H groups in total. The van der Waals surface area contributed by atoms with Crippen molar-refractivity contribution in [1.82, 2.24) is 9.80 Å². The zero-order valence-corrected chi connectivity index (χ0v) is 14.4. The molecule has 0 radical (unpaired) electrons. The van der Waals surface area contributed by atoms with Gasteiger partial charge in [0, 0.05) is 38.6 Å². The number of ether oxygens (including phenoxy) is 1. The third-order valence-electron chi connectivity index (χ3n) is 6.16. The van der Waals surface area contributed by atoms with Gasteiger partial charge in [-0.15, -0.1) is 0 Å². The number of amides is 1. The molecule has 3 atom stereocenters. The predicted octanol–water partition coefficient (Wildman–Crippen LogP) is 2.65. The summed E-state index contributed by atoms with van der Waals surface area (Å²) in [7, 11) is 0. The number of para-hydroxylation sites is 1. The zero-order chi connectivity index (χ0) is 16.4. The Morgan fingerprint density at radius 2 is 1.83 bits per heavy atom. The predicted molar refractivity (Wildman–Crippen MR) is 93.9 cm³/mol. The van der Waals surface area contributed by atoms with Gasteiger partial charge < -0.3 is 9.64 Å². The largest absolute Gasteiger partial charge is 0.492 e. The first-order chi connectivity index (χ1) is 11.8. The summed E-state index contributed by atoms with van der Waals surface area (Å²) in [5.74, 6) is 3.27. The van der Waals surface area contributed by atoms with Crippen LogP contribution in [-0.4, -0.2) is 55.0 Å². The van der Waals surface area contributed by atoms with E-state index in [9.17, 15) is 4.79 Å². The van der Waals surface area contributed by atoms with Crippen molar-refractivity contribution in [2.24, 2.45) is 17.8 Å². The van der Waals surface area contributed by atoms with Crippen molar-refractivity contribution in [1.29, 1.82) is 0 Å². The maximum atomic E-state index is 12.8. The Hall–Kier alpha value is -1.55. The summed E-state index contributed by atoms with van der Waals surface area (Å²) in [4.78, 5) is 17.3. The normalized spacial score (nSPS) is 29.8. The van der Waals surface area contributed by atoms with Crippen molar-refractivity contribution in [2.45, 2.75) is 25.7 Å². The molecular formula is C20H28N2O2. The fraction of sp³-hybridized carbons (Fsp3) is 0.650.